The van der Waals surface area contributed by atoms with E-state index in [1.807, 2.05) is 72.8 Å². The first-order valence-electron chi connectivity index (χ1n) is 14.2. The van der Waals surface area contributed by atoms with Gasteiger partial charge < -0.3 is 24.4 Å². The molecule has 3 aliphatic rings. The topological polar surface area (TPSA) is 95.5 Å². The lowest BCUT2D eigenvalue weighted by Gasteiger charge is -2.51. The molecule has 44 heavy (non-hydrogen) atoms. The van der Waals surface area contributed by atoms with E-state index in [9.17, 15) is 22.8 Å². The van der Waals surface area contributed by atoms with Crippen molar-refractivity contribution in [2.24, 2.45) is 5.92 Å². The Morgan fingerprint density at radius 2 is 1.52 bits per heavy atom. The molecule has 2 atom stereocenters. The fourth-order valence-electron chi connectivity index (χ4n) is 6.00. The van der Waals surface area contributed by atoms with Crippen molar-refractivity contribution in [3.05, 3.63) is 101 Å². The minimum Gasteiger partial charge on any atom is -0.542 e. The highest BCUT2D eigenvalue weighted by molar-refractivity contribution is 7.17. The summed E-state index contributed by atoms with van der Waals surface area (Å²) < 4.78 is 39.7. The lowest BCUT2D eigenvalue weighted by molar-refractivity contribution is -0.938. The van der Waals surface area contributed by atoms with E-state index < -0.39 is 18.2 Å². The number of carboxylic acids is 1. The maximum Gasteiger partial charge on any atom is 0.430 e. The third kappa shape index (κ3) is 7.28. The van der Waals surface area contributed by atoms with E-state index in [-0.39, 0.29) is 17.9 Å². The predicted molar refractivity (Wildman–Crippen MR) is 159 cm³/mol. The van der Waals surface area contributed by atoms with Crippen molar-refractivity contribution < 1.29 is 41.9 Å². The number of aliphatic carboxylic acids is 1. The Balaban J connectivity index is 0.000000493. The monoisotopic (exact) mass is 624 g/mol. The summed E-state index contributed by atoms with van der Waals surface area (Å²) in [6, 6.07) is 26.9. The van der Waals surface area contributed by atoms with Crippen molar-refractivity contribution in [1.29, 1.82) is 0 Å². The van der Waals surface area contributed by atoms with Gasteiger partial charge in [0.05, 0.1) is 13.1 Å². The molecule has 3 fully saturated rings. The van der Waals surface area contributed by atoms with Gasteiger partial charge in [0.2, 0.25) is 5.78 Å². The Bertz CT molecular complexity index is 1600. The van der Waals surface area contributed by atoms with Crippen LogP contribution in [0.4, 0.5) is 18.9 Å². The molecule has 7 rings (SSSR count). The highest BCUT2D eigenvalue weighted by Gasteiger charge is 2.49. The summed E-state index contributed by atoms with van der Waals surface area (Å²) in [5.74, 6) is -2.74. The third-order valence-electron chi connectivity index (χ3n) is 8.26. The van der Waals surface area contributed by atoms with E-state index in [2.05, 4.69) is 22.8 Å². The van der Waals surface area contributed by atoms with Gasteiger partial charge in [-0.2, -0.15) is 13.2 Å². The van der Waals surface area contributed by atoms with Crippen molar-refractivity contribution >= 4 is 44.8 Å². The number of thiophene rings is 1. The van der Waals surface area contributed by atoms with Gasteiger partial charge >= 0.3 is 12.1 Å². The largest absolute Gasteiger partial charge is 0.542 e. The maximum atomic E-state index is 13.8. The molecule has 1 unspecified atom stereocenters. The Hall–Kier alpha value is -4.22. The highest BCUT2D eigenvalue weighted by Crippen LogP contribution is 2.38. The van der Waals surface area contributed by atoms with E-state index in [1.165, 1.54) is 0 Å². The number of nitrogens with zero attached hydrogens (tertiary/aromatic N) is 1. The van der Waals surface area contributed by atoms with Crippen molar-refractivity contribution in [3.8, 4) is 0 Å². The minimum atomic E-state index is -5.19. The van der Waals surface area contributed by atoms with Gasteiger partial charge in [-0.1, -0.05) is 66.7 Å². The zero-order valence-electron chi connectivity index (χ0n) is 23.7. The van der Waals surface area contributed by atoms with E-state index in [0.717, 1.165) is 52.8 Å². The van der Waals surface area contributed by atoms with Gasteiger partial charge in [-0.3, -0.25) is 4.79 Å². The molecule has 1 N–H and O–H groups in total. The summed E-state index contributed by atoms with van der Waals surface area (Å²) in [6.45, 7) is 3.11. The number of esters is 1. The zero-order valence-corrected chi connectivity index (χ0v) is 24.5. The molecule has 0 amide bonds. The van der Waals surface area contributed by atoms with Crippen LogP contribution in [0.15, 0.2) is 90.3 Å². The standard InChI is InChI=1S/C31H31N2O3S.C2HF3O2/c34-27(22-9-3-1-4-10-22)19-33-17-15-23(16-18-33)28(20-33)36-31(35)30(32-24-11-5-2-6-12-24)26-21-37-29-14-8-7-13-25(26)29;3-2(4,5)1(6)7/h1-14,21,23,28,30,32H,15-20H2;(H,6,7)/q+1;/p-1/t23?,28-,30?,33?;/m0./s1. The number of benzene rings is 3. The molecule has 2 bridgehead atoms. The number of para-hydroxylation sites is 1. The van der Waals surface area contributed by atoms with Crippen LogP contribution in [0.5, 0.6) is 0 Å². The number of nitrogens with one attached hydrogen (secondary N) is 1. The number of halogens is 3. The SMILES string of the molecule is O=C(C[N+]12CCC(CC1)[C@@H](OC(=O)C(Nc1ccccc1)c1csc3ccccc13)C2)c1ccccc1.O=C([O-])C(F)(F)F. The number of hydrogen-bond acceptors (Lipinski definition) is 7. The van der Waals surface area contributed by atoms with Crippen molar-refractivity contribution in [2.45, 2.75) is 31.2 Å². The fraction of sp³-hybridized carbons (Fsp3) is 0.303. The summed E-state index contributed by atoms with van der Waals surface area (Å²) in [5.41, 5.74) is 2.58. The molecule has 0 saturated carbocycles. The highest BCUT2D eigenvalue weighted by atomic mass is 32.1. The number of hydrogen-bond donors (Lipinski definition) is 1. The number of carbonyl (C=O) groups is 3. The number of ketones is 1. The van der Waals surface area contributed by atoms with Gasteiger partial charge in [0.1, 0.15) is 19.1 Å². The Kier molecular flexibility index (Phi) is 9.36. The van der Waals surface area contributed by atoms with E-state index >= 15 is 0 Å². The smallest absolute Gasteiger partial charge is 0.430 e. The fourth-order valence-corrected chi connectivity index (χ4v) is 6.99. The molecule has 1 aromatic heterocycles. The molecule has 7 nitrogen and oxygen atoms in total. The number of alkyl halides is 3. The molecular formula is C33H31F3N2O5S. The third-order valence-corrected chi connectivity index (χ3v) is 9.24. The average molecular weight is 625 g/mol. The maximum absolute atomic E-state index is 13.8. The van der Waals surface area contributed by atoms with Gasteiger partial charge in [0.15, 0.2) is 12.1 Å². The summed E-state index contributed by atoms with van der Waals surface area (Å²) in [5, 5.41) is 15.4. The first-order valence-corrected chi connectivity index (χ1v) is 15.1. The van der Waals surface area contributed by atoms with Gasteiger partial charge in [-0.25, -0.2) is 4.79 Å². The second kappa shape index (κ2) is 13.2. The number of anilines is 1. The molecule has 0 radical (unpaired) electrons. The molecule has 3 saturated heterocycles. The van der Waals surface area contributed by atoms with Crippen LogP contribution in [0.1, 0.15) is 34.8 Å². The molecule has 0 aliphatic carbocycles. The second-order valence-corrected chi connectivity index (χ2v) is 12.1. The number of carbonyl (C=O) groups excluding carboxylic acids is 3. The van der Waals surface area contributed by atoms with Gasteiger partial charge in [0.25, 0.3) is 0 Å². The number of quaternary nitrogens is 1. The van der Waals surface area contributed by atoms with E-state index in [4.69, 9.17) is 14.6 Å². The number of piperidine rings is 3. The molecule has 0 spiro atoms. The van der Waals surface area contributed by atoms with Crippen molar-refractivity contribution in [2.75, 3.05) is 31.5 Å². The number of rotatable bonds is 8. The first kappa shape index (κ1) is 31.2. The normalized spacial score (nSPS) is 21.5. The summed E-state index contributed by atoms with van der Waals surface area (Å²) in [7, 11) is 0. The quantitative estimate of drug-likeness (QED) is 0.161. The Morgan fingerprint density at radius 3 is 2.16 bits per heavy atom. The lowest BCUT2D eigenvalue weighted by Crippen LogP contribution is -2.65. The van der Waals surface area contributed by atoms with Crippen molar-refractivity contribution in [3.63, 3.8) is 0 Å². The number of fused-ring (bicyclic) bond motifs is 4. The first-order chi connectivity index (χ1) is 21.0. The van der Waals surface area contributed by atoms with Crippen LogP contribution < -0.4 is 10.4 Å². The lowest BCUT2D eigenvalue weighted by atomic mass is 9.82. The minimum absolute atomic E-state index is 0.166. The molecule has 4 aromatic rings. The molecule has 11 heteroatoms. The Morgan fingerprint density at radius 1 is 0.932 bits per heavy atom. The van der Waals surface area contributed by atoms with Crippen LogP contribution in [0, 0.1) is 5.92 Å². The number of Topliss-reactive ketones (excluding diaryl/α,β-unsaturated/α-hetero) is 1. The molecule has 3 aromatic carbocycles. The molecule has 230 valence electrons. The second-order valence-electron chi connectivity index (χ2n) is 11.1. The number of ether oxygens (including phenoxy) is 1. The van der Waals surface area contributed by atoms with Gasteiger partial charge in [0, 0.05) is 40.3 Å². The van der Waals surface area contributed by atoms with Crippen LogP contribution in [0.25, 0.3) is 10.1 Å². The molecule has 3 aliphatic heterocycles. The van der Waals surface area contributed by atoms with Crippen LogP contribution in [0.2, 0.25) is 0 Å². The van der Waals surface area contributed by atoms with E-state index in [0.29, 0.717) is 23.5 Å². The van der Waals surface area contributed by atoms with Crippen LogP contribution in [-0.4, -0.2) is 60.7 Å². The average Bonchev–Trinajstić information content (AvgIpc) is 3.45. The van der Waals surface area contributed by atoms with E-state index in [1.54, 1.807) is 11.3 Å². The zero-order chi connectivity index (χ0) is 31.3. The summed E-state index contributed by atoms with van der Waals surface area (Å²) in [4.78, 5) is 35.7. The van der Waals surface area contributed by atoms with Crippen LogP contribution in [0.3, 0.4) is 0 Å². The van der Waals surface area contributed by atoms with Crippen LogP contribution in [-0.2, 0) is 14.3 Å². The summed E-state index contributed by atoms with van der Waals surface area (Å²) >= 11 is 1.64. The Labute approximate surface area is 256 Å². The van der Waals surface area contributed by atoms with Crippen LogP contribution >= 0.6 is 11.3 Å². The van der Waals surface area contributed by atoms with Gasteiger partial charge in [-0.05, 0) is 29.0 Å². The predicted octanol–water partition coefficient (Wildman–Crippen LogP) is 5.39. The summed E-state index contributed by atoms with van der Waals surface area (Å²) in [6.07, 6.45) is -3.40. The van der Waals surface area contributed by atoms with Gasteiger partial charge in [-0.15, -0.1) is 11.3 Å². The molecular weight excluding hydrogens is 593 g/mol. The molecule has 4 heterocycles. The number of carboxylic acid groups (broad SMARTS) is 1. The van der Waals surface area contributed by atoms with Crippen molar-refractivity contribution in [1.82, 2.24) is 0 Å².